The zero-order valence-corrected chi connectivity index (χ0v) is 20.5. The molecule has 4 amide bonds. The van der Waals surface area contributed by atoms with Gasteiger partial charge < -0.3 is 29.2 Å². The fraction of sp³-hybridized carbons (Fsp3) is 0.423. The van der Waals surface area contributed by atoms with Gasteiger partial charge in [0, 0.05) is 12.1 Å². The lowest BCUT2D eigenvalue weighted by Crippen LogP contribution is -2.44. The number of fused-ring (bicyclic) bond motifs is 1. The zero-order chi connectivity index (χ0) is 25.4. The number of methoxy groups -OCH3 is 2. The van der Waals surface area contributed by atoms with E-state index in [1.54, 1.807) is 50.3 Å². The third-order valence-electron chi connectivity index (χ3n) is 7.06. The van der Waals surface area contributed by atoms with Crippen molar-refractivity contribution < 1.29 is 33.3 Å². The molecule has 5 rings (SSSR count). The summed E-state index contributed by atoms with van der Waals surface area (Å²) in [7, 11) is 3.16. The molecule has 10 heteroatoms. The molecular formula is C26H29N3O7. The lowest BCUT2D eigenvalue weighted by Gasteiger charge is -2.28. The number of nitrogens with one attached hydrogen (secondary N) is 1. The Balaban J connectivity index is 1.36. The van der Waals surface area contributed by atoms with Crippen LogP contribution in [0.5, 0.6) is 23.0 Å². The molecule has 3 aliphatic heterocycles. The smallest absolute Gasteiger partial charge is 0.325 e. The molecule has 3 heterocycles. The number of rotatable bonds is 6. The summed E-state index contributed by atoms with van der Waals surface area (Å²) in [5, 5.41) is 2.76. The summed E-state index contributed by atoms with van der Waals surface area (Å²) in [6, 6.07) is 9.76. The average molecular weight is 496 g/mol. The van der Waals surface area contributed by atoms with Gasteiger partial charge in [-0.05, 0) is 55.7 Å². The summed E-state index contributed by atoms with van der Waals surface area (Å²) < 4.78 is 22.1. The van der Waals surface area contributed by atoms with Gasteiger partial charge in [0.15, 0.2) is 11.5 Å². The molecule has 2 aromatic rings. The number of hydrogen-bond donors (Lipinski definition) is 1. The van der Waals surface area contributed by atoms with E-state index >= 15 is 0 Å². The van der Waals surface area contributed by atoms with Crippen molar-refractivity contribution in [2.45, 2.75) is 31.3 Å². The third kappa shape index (κ3) is 3.96. The van der Waals surface area contributed by atoms with Gasteiger partial charge >= 0.3 is 6.03 Å². The Morgan fingerprint density at radius 1 is 1.08 bits per heavy atom. The molecule has 2 saturated heterocycles. The number of carbonyl (C=O) groups is 3. The number of hydrogen-bond acceptors (Lipinski definition) is 7. The van der Waals surface area contributed by atoms with Crippen molar-refractivity contribution in [3.63, 3.8) is 0 Å². The number of urea groups is 1. The first-order valence-electron chi connectivity index (χ1n) is 11.9. The third-order valence-corrected chi connectivity index (χ3v) is 7.06. The standard InChI is InChI=1S/C26H29N3O7/c1-26(16-6-8-21-22(13-16)36-12-11-35-21)24(31)29(25(32)27-26)15-23(30)28-10-4-5-19(28)18-14-17(33-2)7-9-20(18)34-3/h6-9,13-14,19H,4-5,10-12,15H2,1-3H3,(H,27,32)/t19-,26+/m0/s1. The van der Waals surface area contributed by atoms with Gasteiger partial charge in [0.2, 0.25) is 5.91 Å². The minimum absolute atomic E-state index is 0.243. The van der Waals surface area contributed by atoms with Crippen LogP contribution in [0.1, 0.15) is 36.9 Å². The minimum atomic E-state index is -1.33. The summed E-state index contributed by atoms with van der Waals surface area (Å²) in [6.45, 7) is 2.65. The number of nitrogens with zero attached hydrogens (tertiary/aromatic N) is 2. The Hall–Kier alpha value is -3.95. The molecule has 2 fully saturated rings. The molecule has 2 aromatic carbocycles. The Bertz CT molecular complexity index is 1220. The van der Waals surface area contributed by atoms with Crippen molar-refractivity contribution in [1.29, 1.82) is 0 Å². The summed E-state index contributed by atoms with van der Waals surface area (Å²) in [5.74, 6) is 1.62. The van der Waals surface area contributed by atoms with Crippen LogP contribution in [0.3, 0.4) is 0 Å². The van der Waals surface area contributed by atoms with E-state index in [1.165, 1.54) is 0 Å². The fourth-order valence-electron chi connectivity index (χ4n) is 5.11. The molecule has 1 N–H and O–H groups in total. The van der Waals surface area contributed by atoms with Gasteiger partial charge in [-0.3, -0.25) is 14.5 Å². The van der Waals surface area contributed by atoms with E-state index in [1.807, 2.05) is 12.1 Å². The summed E-state index contributed by atoms with van der Waals surface area (Å²) in [4.78, 5) is 42.4. The highest BCUT2D eigenvalue weighted by Crippen LogP contribution is 2.40. The van der Waals surface area contributed by atoms with Crippen LogP contribution in [0, 0.1) is 0 Å². The molecule has 190 valence electrons. The molecular weight excluding hydrogens is 466 g/mol. The van der Waals surface area contributed by atoms with Gasteiger partial charge in [-0.1, -0.05) is 6.07 Å². The van der Waals surface area contributed by atoms with Gasteiger partial charge in [-0.25, -0.2) is 4.79 Å². The fourth-order valence-corrected chi connectivity index (χ4v) is 5.11. The van der Waals surface area contributed by atoms with Gasteiger partial charge in [-0.2, -0.15) is 0 Å². The molecule has 2 atom stereocenters. The molecule has 10 nitrogen and oxygen atoms in total. The molecule has 0 bridgehead atoms. The van der Waals surface area contributed by atoms with Crippen molar-refractivity contribution >= 4 is 17.8 Å². The first-order valence-corrected chi connectivity index (χ1v) is 11.9. The Kier molecular flexibility index (Phi) is 6.11. The summed E-state index contributed by atoms with van der Waals surface area (Å²) >= 11 is 0. The van der Waals surface area contributed by atoms with Gasteiger partial charge in [0.05, 0.1) is 20.3 Å². The maximum Gasteiger partial charge on any atom is 0.325 e. The van der Waals surface area contributed by atoms with Gasteiger partial charge in [0.25, 0.3) is 5.91 Å². The number of imide groups is 1. The molecule has 36 heavy (non-hydrogen) atoms. The van der Waals surface area contributed by atoms with Crippen molar-refractivity contribution in [3.05, 3.63) is 47.5 Å². The number of carbonyl (C=O) groups excluding carboxylic acids is 3. The van der Waals surface area contributed by atoms with E-state index in [9.17, 15) is 14.4 Å². The van der Waals surface area contributed by atoms with Crippen LogP contribution in [0.25, 0.3) is 0 Å². The van der Waals surface area contributed by atoms with Crippen molar-refractivity contribution in [2.24, 2.45) is 0 Å². The predicted octanol–water partition coefficient (Wildman–Crippen LogP) is 2.61. The molecule has 3 aliphatic rings. The largest absolute Gasteiger partial charge is 0.497 e. The minimum Gasteiger partial charge on any atom is -0.497 e. The Morgan fingerprint density at radius 2 is 1.86 bits per heavy atom. The van der Waals surface area contributed by atoms with Crippen LogP contribution in [-0.2, 0) is 15.1 Å². The van der Waals surface area contributed by atoms with Crippen molar-refractivity contribution in [3.8, 4) is 23.0 Å². The Morgan fingerprint density at radius 3 is 2.61 bits per heavy atom. The highest BCUT2D eigenvalue weighted by molar-refractivity contribution is 6.09. The normalized spacial score (nSPS) is 23.0. The van der Waals surface area contributed by atoms with Crippen LogP contribution in [0.2, 0.25) is 0 Å². The van der Waals surface area contributed by atoms with Crippen molar-refractivity contribution in [1.82, 2.24) is 15.1 Å². The molecule has 0 radical (unpaired) electrons. The van der Waals surface area contributed by atoms with Crippen LogP contribution >= 0.6 is 0 Å². The molecule has 0 unspecified atom stereocenters. The van der Waals surface area contributed by atoms with E-state index in [-0.39, 0.29) is 18.5 Å². The van der Waals surface area contributed by atoms with Crippen LogP contribution in [0.15, 0.2) is 36.4 Å². The molecule has 0 aromatic heterocycles. The van der Waals surface area contributed by atoms with E-state index in [0.717, 1.165) is 23.3 Å². The first-order chi connectivity index (χ1) is 17.4. The first kappa shape index (κ1) is 23.8. The quantitative estimate of drug-likeness (QED) is 0.614. The topological polar surface area (TPSA) is 107 Å². The molecule has 0 spiro atoms. The van der Waals surface area contributed by atoms with Crippen molar-refractivity contribution in [2.75, 3.05) is 40.5 Å². The lowest BCUT2D eigenvalue weighted by molar-refractivity contribution is -0.139. The van der Waals surface area contributed by atoms with Crippen LogP contribution in [0.4, 0.5) is 4.79 Å². The number of benzene rings is 2. The SMILES string of the molecule is COc1ccc(OC)c([C@@H]2CCCN2C(=O)CN2C(=O)N[C@](C)(c3ccc4c(c3)OCCO4)C2=O)c1. The van der Waals surface area contributed by atoms with Crippen LogP contribution in [-0.4, -0.2) is 68.2 Å². The second-order valence-electron chi connectivity index (χ2n) is 9.16. The van der Waals surface area contributed by atoms with E-state index < -0.39 is 17.5 Å². The number of amides is 4. The highest BCUT2D eigenvalue weighted by Gasteiger charge is 2.50. The predicted molar refractivity (Wildman–Crippen MR) is 128 cm³/mol. The lowest BCUT2D eigenvalue weighted by atomic mass is 9.91. The summed E-state index contributed by atoms with van der Waals surface area (Å²) in [5.41, 5.74) is 0.0643. The van der Waals surface area contributed by atoms with E-state index in [4.69, 9.17) is 18.9 Å². The average Bonchev–Trinajstić information content (AvgIpc) is 3.47. The Labute approximate surface area is 209 Å². The zero-order valence-electron chi connectivity index (χ0n) is 20.5. The monoisotopic (exact) mass is 495 g/mol. The van der Waals surface area contributed by atoms with E-state index in [0.29, 0.717) is 48.3 Å². The maximum absolute atomic E-state index is 13.5. The second kappa shape index (κ2) is 9.25. The maximum atomic E-state index is 13.5. The van der Waals surface area contributed by atoms with Gasteiger partial charge in [-0.15, -0.1) is 0 Å². The molecule has 0 saturated carbocycles. The highest BCUT2D eigenvalue weighted by atomic mass is 16.6. The summed E-state index contributed by atoms with van der Waals surface area (Å²) in [6.07, 6.45) is 1.54. The number of ether oxygens (including phenoxy) is 4. The molecule has 0 aliphatic carbocycles. The van der Waals surface area contributed by atoms with Gasteiger partial charge in [0.1, 0.15) is 36.8 Å². The number of likely N-dealkylation sites (tertiary alicyclic amines) is 1. The van der Waals surface area contributed by atoms with Crippen LogP contribution < -0.4 is 24.3 Å². The second-order valence-corrected chi connectivity index (χ2v) is 9.16. The van der Waals surface area contributed by atoms with E-state index in [2.05, 4.69) is 5.32 Å².